The monoisotopic (exact) mass is 385 g/mol. The van der Waals surface area contributed by atoms with Crippen molar-refractivity contribution in [2.45, 2.75) is 6.42 Å². The maximum absolute atomic E-state index is 12.3. The molecule has 3 rings (SSSR count). The fraction of sp³-hybridized carbons (Fsp3) is 0.350. The molecule has 0 atom stereocenters. The van der Waals surface area contributed by atoms with Crippen molar-refractivity contribution in [1.29, 1.82) is 0 Å². The SMILES string of the molecule is COc1ccc(CCNC(=O)C(=O)N2CCN(C(=O)c3ccco3)CC2)cc1. The second-order valence-electron chi connectivity index (χ2n) is 6.42. The maximum atomic E-state index is 12.3. The van der Waals surface area contributed by atoms with Crippen LogP contribution in [0.4, 0.5) is 0 Å². The Balaban J connectivity index is 1.41. The molecule has 0 radical (unpaired) electrons. The van der Waals surface area contributed by atoms with Gasteiger partial charge in [0.2, 0.25) is 0 Å². The average molecular weight is 385 g/mol. The van der Waals surface area contributed by atoms with Gasteiger partial charge in [-0.25, -0.2) is 0 Å². The number of hydrogen-bond donors (Lipinski definition) is 1. The number of furan rings is 1. The van der Waals surface area contributed by atoms with E-state index in [1.165, 1.54) is 11.2 Å². The Morgan fingerprint density at radius 2 is 1.71 bits per heavy atom. The third-order valence-electron chi connectivity index (χ3n) is 4.64. The van der Waals surface area contributed by atoms with Gasteiger partial charge in [-0.1, -0.05) is 12.1 Å². The zero-order chi connectivity index (χ0) is 19.9. The van der Waals surface area contributed by atoms with Gasteiger partial charge in [0.05, 0.1) is 13.4 Å². The van der Waals surface area contributed by atoms with E-state index in [1.807, 2.05) is 24.3 Å². The predicted molar refractivity (Wildman–Crippen MR) is 101 cm³/mol. The Morgan fingerprint density at radius 3 is 2.32 bits per heavy atom. The van der Waals surface area contributed by atoms with Crippen LogP contribution in [0.3, 0.4) is 0 Å². The Kier molecular flexibility index (Phi) is 6.31. The molecule has 1 saturated heterocycles. The van der Waals surface area contributed by atoms with E-state index in [-0.39, 0.29) is 11.7 Å². The molecule has 0 spiro atoms. The van der Waals surface area contributed by atoms with Crippen LogP contribution in [0.5, 0.6) is 5.75 Å². The molecular formula is C20H23N3O5. The number of amides is 3. The standard InChI is InChI=1S/C20H23N3O5/c1-27-16-6-4-15(5-7-16)8-9-21-18(24)20(26)23-12-10-22(11-13-23)19(25)17-3-2-14-28-17/h2-7,14H,8-13H2,1H3,(H,21,24). The summed E-state index contributed by atoms with van der Waals surface area (Å²) in [6.45, 7) is 1.73. The number of nitrogens with zero attached hydrogens (tertiary/aromatic N) is 2. The Hall–Kier alpha value is -3.29. The van der Waals surface area contributed by atoms with Gasteiger partial charge in [0.15, 0.2) is 5.76 Å². The van der Waals surface area contributed by atoms with Crippen LogP contribution in [0.25, 0.3) is 0 Å². The summed E-state index contributed by atoms with van der Waals surface area (Å²) >= 11 is 0. The molecule has 1 N–H and O–H groups in total. The molecule has 1 aliphatic heterocycles. The minimum atomic E-state index is -0.626. The van der Waals surface area contributed by atoms with Crippen LogP contribution in [0.15, 0.2) is 47.1 Å². The molecule has 0 saturated carbocycles. The van der Waals surface area contributed by atoms with Crippen LogP contribution >= 0.6 is 0 Å². The lowest BCUT2D eigenvalue weighted by atomic mass is 10.1. The summed E-state index contributed by atoms with van der Waals surface area (Å²) in [7, 11) is 1.60. The first kappa shape index (κ1) is 19.5. The van der Waals surface area contributed by atoms with Crippen molar-refractivity contribution in [3.05, 3.63) is 54.0 Å². The van der Waals surface area contributed by atoms with Crippen LogP contribution < -0.4 is 10.1 Å². The third-order valence-corrected chi connectivity index (χ3v) is 4.64. The van der Waals surface area contributed by atoms with Gasteiger partial charge in [-0.3, -0.25) is 14.4 Å². The second-order valence-corrected chi connectivity index (χ2v) is 6.42. The zero-order valence-electron chi connectivity index (χ0n) is 15.7. The Morgan fingerprint density at radius 1 is 1.04 bits per heavy atom. The summed E-state index contributed by atoms with van der Waals surface area (Å²) in [5.41, 5.74) is 1.04. The van der Waals surface area contributed by atoms with Crippen molar-refractivity contribution >= 4 is 17.7 Å². The summed E-state index contributed by atoms with van der Waals surface area (Å²) in [4.78, 5) is 39.7. The largest absolute Gasteiger partial charge is 0.497 e. The fourth-order valence-electron chi connectivity index (χ4n) is 3.00. The number of carbonyl (C=O) groups is 3. The van der Waals surface area contributed by atoms with E-state index in [0.717, 1.165) is 11.3 Å². The van der Waals surface area contributed by atoms with Crippen molar-refractivity contribution < 1.29 is 23.5 Å². The summed E-state index contributed by atoms with van der Waals surface area (Å²) in [6, 6.07) is 10.8. The van der Waals surface area contributed by atoms with Crippen molar-refractivity contribution in [2.24, 2.45) is 0 Å². The lowest BCUT2D eigenvalue weighted by Crippen LogP contribution is -2.53. The van der Waals surface area contributed by atoms with E-state index in [4.69, 9.17) is 9.15 Å². The first-order valence-corrected chi connectivity index (χ1v) is 9.11. The van der Waals surface area contributed by atoms with Crippen LogP contribution in [-0.2, 0) is 16.0 Å². The van der Waals surface area contributed by atoms with Crippen LogP contribution in [0, 0.1) is 0 Å². The summed E-state index contributed by atoms with van der Waals surface area (Å²) in [5, 5.41) is 2.66. The lowest BCUT2D eigenvalue weighted by Gasteiger charge is -2.33. The lowest BCUT2D eigenvalue weighted by molar-refractivity contribution is -0.146. The molecule has 0 bridgehead atoms. The smallest absolute Gasteiger partial charge is 0.312 e. The molecule has 28 heavy (non-hydrogen) atoms. The molecule has 8 heteroatoms. The fourth-order valence-corrected chi connectivity index (χ4v) is 3.00. The number of piperazine rings is 1. The Bertz CT molecular complexity index is 809. The predicted octanol–water partition coefficient (Wildman–Crippen LogP) is 0.932. The molecule has 2 heterocycles. The maximum Gasteiger partial charge on any atom is 0.312 e. The molecule has 0 aliphatic carbocycles. The van der Waals surface area contributed by atoms with Crippen LogP contribution in [0.1, 0.15) is 16.1 Å². The minimum absolute atomic E-state index is 0.207. The minimum Gasteiger partial charge on any atom is -0.497 e. The van der Waals surface area contributed by atoms with Crippen molar-refractivity contribution in [3.63, 3.8) is 0 Å². The van der Waals surface area contributed by atoms with Crippen LogP contribution in [0.2, 0.25) is 0 Å². The van der Waals surface area contributed by atoms with Crippen molar-refractivity contribution in [1.82, 2.24) is 15.1 Å². The average Bonchev–Trinajstić information content (AvgIpc) is 3.28. The molecule has 2 aromatic rings. The first-order chi connectivity index (χ1) is 13.6. The number of carbonyl (C=O) groups excluding carboxylic acids is 3. The highest BCUT2D eigenvalue weighted by Crippen LogP contribution is 2.12. The molecule has 0 unspecified atom stereocenters. The number of ether oxygens (including phenoxy) is 1. The number of benzene rings is 1. The van der Waals surface area contributed by atoms with Gasteiger partial charge in [0.1, 0.15) is 5.75 Å². The van der Waals surface area contributed by atoms with E-state index < -0.39 is 11.8 Å². The zero-order valence-corrected chi connectivity index (χ0v) is 15.7. The number of methoxy groups -OCH3 is 1. The van der Waals surface area contributed by atoms with E-state index in [2.05, 4.69) is 5.32 Å². The van der Waals surface area contributed by atoms with Gasteiger partial charge in [-0.15, -0.1) is 0 Å². The van der Waals surface area contributed by atoms with Crippen LogP contribution in [-0.4, -0.2) is 67.4 Å². The normalized spacial score (nSPS) is 13.9. The molecule has 1 aromatic heterocycles. The quantitative estimate of drug-likeness (QED) is 0.773. The highest BCUT2D eigenvalue weighted by atomic mass is 16.5. The van der Waals surface area contributed by atoms with Gasteiger partial charge >= 0.3 is 11.8 Å². The highest BCUT2D eigenvalue weighted by Gasteiger charge is 2.28. The molecule has 1 aliphatic rings. The van der Waals surface area contributed by atoms with Gasteiger partial charge in [0.25, 0.3) is 5.91 Å². The second kappa shape index (κ2) is 9.07. The first-order valence-electron chi connectivity index (χ1n) is 9.11. The molecule has 1 fully saturated rings. The van der Waals surface area contributed by atoms with Gasteiger partial charge in [0, 0.05) is 32.7 Å². The topological polar surface area (TPSA) is 92.1 Å². The Labute approximate surface area is 163 Å². The molecular weight excluding hydrogens is 362 g/mol. The summed E-state index contributed by atoms with van der Waals surface area (Å²) in [5.74, 6) is -0.358. The van der Waals surface area contributed by atoms with E-state index >= 15 is 0 Å². The molecule has 148 valence electrons. The highest BCUT2D eigenvalue weighted by molar-refractivity contribution is 6.35. The number of hydrogen-bond acceptors (Lipinski definition) is 5. The number of rotatable bonds is 5. The van der Waals surface area contributed by atoms with E-state index in [9.17, 15) is 14.4 Å². The molecule has 8 nitrogen and oxygen atoms in total. The van der Waals surface area contributed by atoms with Gasteiger partial charge in [-0.2, -0.15) is 0 Å². The van der Waals surface area contributed by atoms with Gasteiger partial charge < -0.3 is 24.3 Å². The number of nitrogens with one attached hydrogen (secondary N) is 1. The molecule has 1 aromatic carbocycles. The van der Waals surface area contributed by atoms with E-state index in [0.29, 0.717) is 39.1 Å². The molecule has 3 amide bonds. The third kappa shape index (κ3) is 4.70. The summed E-state index contributed by atoms with van der Waals surface area (Å²) < 4.78 is 10.2. The van der Waals surface area contributed by atoms with Gasteiger partial charge in [-0.05, 0) is 36.2 Å². The van der Waals surface area contributed by atoms with E-state index in [1.54, 1.807) is 24.1 Å². The van der Waals surface area contributed by atoms with Crippen molar-refractivity contribution in [2.75, 3.05) is 39.8 Å². The van der Waals surface area contributed by atoms with Crippen molar-refractivity contribution in [3.8, 4) is 5.75 Å². The summed E-state index contributed by atoms with van der Waals surface area (Å²) in [6.07, 6.45) is 2.07.